The molecular formula is C11H17BrN6. The largest absolute Gasteiger partial charge is 0.336 e. The van der Waals surface area contributed by atoms with Crippen molar-refractivity contribution in [1.29, 1.82) is 0 Å². The lowest BCUT2D eigenvalue weighted by Crippen LogP contribution is -2.32. The molecule has 0 radical (unpaired) electrons. The molecule has 2 aromatic rings. The molecule has 0 saturated carbocycles. The van der Waals surface area contributed by atoms with Crippen LogP contribution in [0, 0.1) is 0 Å². The van der Waals surface area contributed by atoms with Crippen LogP contribution in [0.15, 0.2) is 23.1 Å². The lowest BCUT2D eigenvalue weighted by atomic mass is 10.2. The Morgan fingerprint density at radius 3 is 2.89 bits per heavy atom. The van der Waals surface area contributed by atoms with Gasteiger partial charge in [-0.15, -0.1) is 0 Å². The van der Waals surface area contributed by atoms with Crippen molar-refractivity contribution < 1.29 is 0 Å². The minimum atomic E-state index is -0.187. The van der Waals surface area contributed by atoms with Crippen molar-refractivity contribution in [3.05, 3.63) is 34.6 Å². The highest BCUT2D eigenvalue weighted by atomic mass is 79.9. The number of hydrogen-bond donors (Lipinski definition) is 2. The van der Waals surface area contributed by atoms with Crippen LogP contribution in [0.2, 0.25) is 0 Å². The lowest BCUT2D eigenvalue weighted by Gasteiger charge is -2.18. The number of rotatable bonds is 5. The van der Waals surface area contributed by atoms with Gasteiger partial charge in [0, 0.05) is 26.0 Å². The molecule has 0 bridgehead atoms. The van der Waals surface area contributed by atoms with Gasteiger partial charge < -0.3 is 4.57 Å². The van der Waals surface area contributed by atoms with Gasteiger partial charge in [0.2, 0.25) is 0 Å². The van der Waals surface area contributed by atoms with Gasteiger partial charge in [-0.1, -0.05) is 6.92 Å². The molecule has 1 atom stereocenters. The zero-order valence-corrected chi connectivity index (χ0v) is 12.1. The van der Waals surface area contributed by atoms with E-state index >= 15 is 0 Å². The number of nitrogens with two attached hydrogens (primary N) is 1. The van der Waals surface area contributed by atoms with Crippen molar-refractivity contribution in [3.8, 4) is 0 Å². The van der Waals surface area contributed by atoms with E-state index in [0.29, 0.717) is 0 Å². The van der Waals surface area contributed by atoms with Gasteiger partial charge in [0.05, 0.1) is 16.4 Å². The summed E-state index contributed by atoms with van der Waals surface area (Å²) in [4.78, 5) is 4.34. The average Bonchev–Trinajstić information content (AvgIpc) is 2.91. The summed E-state index contributed by atoms with van der Waals surface area (Å²) in [6.45, 7) is 2.97. The van der Waals surface area contributed by atoms with Gasteiger partial charge in [-0.25, -0.2) is 10.4 Å². The van der Waals surface area contributed by atoms with Crippen LogP contribution in [-0.2, 0) is 13.6 Å². The molecule has 0 saturated heterocycles. The van der Waals surface area contributed by atoms with Crippen LogP contribution in [-0.4, -0.2) is 19.3 Å². The first-order valence-electron chi connectivity index (χ1n) is 5.83. The molecular weight excluding hydrogens is 296 g/mol. The zero-order chi connectivity index (χ0) is 13.1. The first-order chi connectivity index (χ1) is 8.69. The highest BCUT2D eigenvalue weighted by molar-refractivity contribution is 9.10. The summed E-state index contributed by atoms with van der Waals surface area (Å²) in [6, 6.07) is -0.187. The van der Waals surface area contributed by atoms with Gasteiger partial charge in [0.25, 0.3) is 0 Å². The third-order valence-electron chi connectivity index (χ3n) is 2.83. The van der Waals surface area contributed by atoms with E-state index in [1.165, 1.54) is 0 Å². The Kier molecular flexibility index (Phi) is 4.15. The van der Waals surface area contributed by atoms with E-state index < -0.39 is 0 Å². The second kappa shape index (κ2) is 5.64. The number of nitrogens with one attached hydrogen (secondary N) is 1. The summed E-state index contributed by atoms with van der Waals surface area (Å²) in [5, 5.41) is 4.35. The van der Waals surface area contributed by atoms with Crippen molar-refractivity contribution in [1.82, 2.24) is 24.8 Å². The monoisotopic (exact) mass is 312 g/mol. The quantitative estimate of drug-likeness (QED) is 0.645. The average molecular weight is 313 g/mol. The molecule has 3 N–H and O–H groups in total. The van der Waals surface area contributed by atoms with Gasteiger partial charge in [-0.3, -0.25) is 10.5 Å². The van der Waals surface area contributed by atoms with Gasteiger partial charge >= 0.3 is 0 Å². The molecule has 7 heteroatoms. The van der Waals surface area contributed by atoms with Gasteiger partial charge in [-0.05, 0) is 22.4 Å². The second-order valence-corrected chi connectivity index (χ2v) is 4.95. The Morgan fingerprint density at radius 1 is 1.56 bits per heavy atom. The molecule has 98 valence electrons. The van der Waals surface area contributed by atoms with Crippen LogP contribution >= 0.6 is 15.9 Å². The van der Waals surface area contributed by atoms with Crippen LogP contribution in [0.5, 0.6) is 0 Å². The number of hydrogen-bond acceptors (Lipinski definition) is 4. The Balaban J connectivity index is 2.45. The van der Waals surface area contributed by atoms with Crippen molar-refractivity contribution in [2.45, 2.75) is 25.9 Å². The van der Waals surface area contributed by atoms with Crippen molar-refractivity contribution >= 4 is 15.9 Å². The SMILES string of the molecule is CCCn1ncc(Br)c1C(NN)c1nccn1C. The van der Waals surface area contributed by atoms with Crippen LogP contribution in [0.25, 0.3) is 0 Å². The third kappa shape index (κ3) is 2.33. The molecule has 0 aliphatic heterocycles. The highest BCUT2D eigenvalue weighted by Crippen LogP contribution is 2.27. The van der Waals surface area contributed by atoms with E-state index in [1.807, 2.05) is 22.5 Å². The van der Waals surface area contributed by atoms with E-state index in [2.05, 4.69) is 38.4 Å². The number of nitrogens with zero attached hydrogens (tertiary/aromatic N) is 4. The molecule has 2 aromatic heterocycles. The molecule has 0 spiro atoms. The fourth-order valence-corrected chi connectivity index (χ4v) is 2.51. The Bertz CT molecular complexity index is 517. The van der Waals surface area contributed by atoms with Gasteiger partial charge in [0.15, 0.2) is 0 Å². The number of imidazole rings is 1. The normalized spacial score (nSPS) is 12.9. The van der Waals surface area contributed by atoms with E-state index in [9.17, 15) is 0 Å². The summed E-state index contributed by atoms with van der Waals surface area (Å²) in [5.74, 6) is 6.55. The van der Waals surface area contributed by atoms with E-state index in [-0.39, 0.29) is 6.04 Å². The first kappa shape index (κ1) is 13.3. The summed E-state index contributed by atoms with van der Waals surface area (Å²) in [6.07, 6.45) is 6.46. The maximum atomic E-state index is 5.69. The van der Waals surface area contributed by atoms with E-state index in [0.717, 1.165) is 29.0 Å². The van der Waals surface area contributed by atoms with Crippen LogP contribution < -0.4 is 11.3 Å². The summed E-state index contributed by atoms with van der Waals surface area (Å²) < 4.78 is 4.82. The number of hydrazine groups is 1. The topological polar surface area (TPSA) is 73.7 Å². The lowest BCUT2D eigenvalue weighted by molar-refractivity contribution is 0.498. The molecule has 6 nitrogen and oxygen atoms in total. The number of aryl methyl sites for hydroxylation is 2. The molecule has 0 aliphatic rings. The minimum Gasteiger partial charge on any atom is -0.336 e. The summed E-state index contributed by atoms with van der Waals surface area (Å²) in [5.41, 5.74) is 3.81. The Hall–Kier alpha value is -1.18. The molecule has 2 rings (SSSR count). The fraction of sp³-hybridized carbons (Fsp3) is 0.455. The van der Waals surface area contributed by atoms with Gasteiger partial charge in [-0.2, -0.15) is 5.10 Å². The van der Waals surface area contributed by atoms with E-state index in [1.54, 1.807) is 12.4 Å². The number of aromatic nitrogens is 4. The predicted molar refractivity (Wildman–Crippen MR) is 72.6 cm³/mol. The van der Waals surface area contributed by atoms with Crippen LogP contribution in [0.1, 0.15) is 30.9 Å². The maximum absolute atomic E-state index is 5.69. The smallest absolute Gasteiger partial charge is 0.133 e. The molecule has 2 heterocycles. The van der Waals surface area contributed by atoms with Gasteiger partial charge in [0.1, 0.15) is 11.9 Å². The zero-order valence-electron chi connectivity index (χ0n) is 10.5. The Morgan fingerprint density at radius 2 is 2.33 bits per heavy atom. The highest BCUT2D eigenvalue weighted by Gasteiger charge is 2.23. The molecule has 18 heavy (non-hydrogen) atoms. The number of halogens is 1. The molecule has 0 aromatic carbocycles. The summed E-state index contributed by atoms with van der Waals surface area (Å²) >= 11 is 3.52. The van der Waals surface area contributed by atoms with Crippen molar-refractivity contribution in [3.63, 3.8) is 0 Å². The third-order valence-corrected chi connectivity index (χ3v) is 3.44. The molecule has 0 amide bonds. The van der Waals surface area contributed by atoms with Crippen molar-refractivity contribution in [2.75, 3.05) is 0 Å². The maximum Gasteiger partial charge on any atom is 0.133 e. The Labute approximate surface area is 114 Å². The first-order valence-corrected chi connectivity index (χ1v) is 6.62. The fourth-order valence-electron chi connectivity index (χ4n) is 1.98. The van der Waals surface area contributed by atoms with Crippen LogP contribution in [0.4, 0.5) is 0 Å². The molecule has 0 fully saturated rings. The minimum absolute atomic E-state index is 0.187. The molecule has 0 aliphatic carbocycles. The van der Waals surface area contributed by atoms with E-state index in [4.69, 9.17) is 5.84 Å². The van der Waals surface area contributed by atoms with Crippen molar-refractivity contribution in [2.24, 2.45) is 12.9 Å². The second-order valence-electron chi connectivity index (χ2n) is 4.10. The predicted octanol–water partition coefficient (Wildman–Crippen LogP) is 1.34. The summed E-state index contributed by atoms with van der Waals surface area (Å²) in [7, 11) is 1.95. The molecule has 1 unspecified atom stereocenters. The van der Waals surface area contributed by atoms with Crippen LogP contribution in [0.3, 0.4) is 0 Å². The standard InChI is InChI=1S/C11H17BrN6/c1-3-5-18-10(8(12)7-15-18)9(16-13)11-14-4-6-17(11)2/h4,6-7,9,16H,3,5,13H2,1-2H3.